The van der Waals surface area contributed by atoms with Crippen LogP contribution in [0.25, 0.3) is 28.6 Å². The number of nitrogens with zero attached hydrogens (tertiary/aromatic N) is 6. The minimum Gasteiger partial charge on any atom is -0.282 e. The van der Waals surface area contributed by atoms with Gasteiger partial charge < -0.3 is 0 Å². The molecule has 0 unspecified atom stereocenters. The molecule has 0 radical (unpaired) electrons. The number of aromatic nitrogens is 5. The summed E-state index contributed by atoms with van der Waals surface area (Å²) >= 11 is 0. The number of hydrogen-bond donors (Lipinski definition) is 0. The lowest BCUT2D eigenvalue weighted by atomic mass is 10.1. The van der Waals surface area contributed by atoms with E-state index in [0.717, 1.165) is 6.07 Å². The summed E-state index contributed by atoms with van der Waals surface area (Å²) in [5.41, 5.74) is 1.20. The SMILES string of the molecule is N#Cc1cccnc1-c1cccc(-c2cnc3nc(C(F)(F)F)ccn23)n1. The third-order valence-electron chi connectivity index (χ3n) is 3.85. The van der Waals surface area contributed by atoms with E-state index in [9.17, 15) is 18.4 Å². The topological polar surface area (TPSA) is 79.8 Å². The molecule has 4 aromatic heterocycles. The Morgan fingerprint density at radius 2 is 1.78 bits per heavy atom. The summed E-state index contributed by atoms with van der Waals surface area (Å²) in [5, 5.41) is 9.23. The van der Waals surface area contributed by atoms with Gasteiger partial charge in [0.15, 0.2) is 0 Å². The molecule has 27 heavy (non-hydrogen) atoms. The van der Waals surface area contributed by atoms with Crippen molar-refractivity contribution in [2.45, 2.75) is 6.18 Å². The standard InChI is InChI=1S/C18H9F3N6/c19-18(20,21)15-6-8-27-14(10-24-17(27)26-15)12-4-1-5-13(25-12)16-11(9-22)3-2-7-23-16/h1-8,10H. The van der Waals surface area contributed by atoms with Gasteiger partial charge in [0, 0.05) is 12.4 Å². The van der Waals surface area contributed by atoms with Gasteiger partial charge in [-0.1, -0.05) is 6.07 Å². The average Bonchev–Trinajstić information content (AvgIpc) is 3.10. The lowest BCUT2D eigenvalue weighted by Crippen LogP contribution is -2.09. The number of nitriles is 1. The van der Waals surface area contributed by atoms with Gasteiger partial charge in [-0.15, -0.1) is 0 Å². The molecule has 0 aliphatic rings. The Morgan fingerprint density at radius 3 is 2.56 bits per heavy atom. The van der Waals surface area contributed by atoms with Crippen molar-refractivity contribution in [2.75, 3.05) is 0 Å². The van der Waals surface area contributed by atoms with Crippen molar-refractivity contribution >= 4 is 5.78 Å². The van der Waals surface area contributed by atoms with E-state index in [1.165, 1.54) is 16.8 Å². The van der Waals surface area contributed by atoms with E-state index >= 15 is 0 Å². The first-order valence-electron chi connectivity index (χ1n) is 7.71. The van der Waals surface area contributed by atoms with Crippen molar-refractivity contribution in [3.8, 4) is 28.8 Å². The van der Waals surface area contributed by atoms with Gasteiger partial charge in [0.1, 0.15) is 17.5 Å². The maximum atomic E-state index is 12.8. The van der Waals surface area contributed by atoms with Gasteiger partial charge in [-0.25, -0.2) is 15.0 Å². The van der Waals surface area contributed by atoms with Crippen LogP contribution < -0.4 is 0 Å². The first-order valence-corrected chi connectivity index (χ1v) is 7.71. The number of imidazole rings is 1. The van der Waals surface area contributed by atoms with Gasteiger partial charge in [0.25, 0.3) is 0 Å². The number of alkyl halides is 3. The van der Waals surface area contributed by atoms with E-state index < -0.39 is 11.9 Å². The fourth-order valence-electron chi connectivity index (χ4n) is 2.63. The third kappa shape index (κ3) is 2.97. The molecule has 9 heteroatoms. The van der Waals surface area contributed by atoms with Gasteiger partial charge in [0.2, 0.25) is 5.78 Å². The van der Waals surface area contributed by atoms with E-state index in [1.54, 1.807) is 36.5 Å². The number of rotatable bonds is 2. The molecule has 0 N–H and O–H groups in total. The van der Waals surface area contributed by atoms with Gasteiger partial charge >= 0.3 is 6.18 Å². The molecule has 0 fully saturated rings. The highest BCUT2D eigenvalue weighted by Crippen LogP contribution is 2.29. The van der Waals surface area contributed by atoms with Crippen LogP contribution in [-0.4, -0.2) is 24.3 Å². The zero-order valence-corrected chi connectivity index (χ0v) is 13.5. The van der Waals surface area contributed by atoms with Crippen molar-refractivity contribution < 1.29 is 13.2 Å². The van der Waals surface area contributed by atoms with Crippen LogP contribution in [-0.2, 0) is 6.18 Å². The quantitative estimate of drug-likeness (QED) is 0.540. The molecule has 4 aromatic rings. The van der Waals surface area contributed by atoms with E-state index in [2.05, 4.69) is 26.0 Å². The first kappa shape index (κ1) is 16.7. The smallest absolute Gasteiger partial charge is 0.282 e. The highest BCUT2D eigenvalue weighted by atomic mass is 19.4. The van der Waals surface area contributed by atoms with Crippen LogP contribution in [0.5, 0.6) is 0 Å². The monoisotopic (exact) mass is 366 g/mol. The van der Waals surface area contributed by atoms with E-state index in [0.29, 0.717) is 28.3 Å². The molecule has 132 valence electrons. The van der Waals surface area contributed by atoms with Gasteiger partial charge in [0.05, 0.1) is 28.8 Å². The van der Waals surface area contributed by atoms with Crippen LogP contribution in [0.1, 0.15) is 11.3 Å². The zero-order chi connectivity index (χ0) is 19.0. The van der Waals surface area contributed by atoms with E-state index in [4.69, 9.17) is 0 Å². The minimum atomic E-state index is -4.54. The summed E-state index contributed by atoms with van der Waals surface area (Å²) in [6.07, 6.45) is -0.332. The molecule has 4 heterocycles. The van der Waals surface area contributed by atoms with E-state index in [1.807, 2.05) is 0 Å². The summed E-state index contributed by atoms with van der Waals surface area (Å²) in [4.78, 5) is 16.2. The van der Waals surface area contributed by atoms with Crippen LogP contribution in [0.15, 0.2) is 55.0 Å². The van der Waals surface area contributed by atoms with Crippen molar-refractivity contribution in [1.82, 2.24) is 24.3 Å². The summed E-state index contributed by atoms with van der Waals surface area (Å²) in [5.74, 6) is -0.0809. The fourth-order valence-corrected chi connectivity index (χ4v) is 2.63. The molecular weight excluding hydrogens is 357 g/mol. The van der Waals surface area contributed by atoms with Crippen molar-refractivity contribution in [2.24, 2.45) is 0 Å². The van der Waals surface area contributed by atoms with Gasteiger partial charge in [-0.3, -0.25) is 9.38 Å². The van der Waals surface area contributed by atoms with Crippen molar-refractivity contribution in [1.29, 1.82) is 5.26 Å². The van der Waals surface area contributed by atoms with Crippen molar-refractivity contribution in [3.05, 3.63) is 66.2 Å². The molecule has 0 aliphatic carbocycles. The fraction of sp³-hybridized carbons (Fsp3) is 0.0556. The Balaban J connectivity index is 1.82. The predicted octanol–water partition coefficient (Wildman–Crippen LogP) is 3.74. The Kier molecular flexibility index (Phi) is 3.81. The summed E-state index contributed by atoms with van der Waals surface area (Å²) in [6, 6.07) is 11.4. The second-order valence-electron chi connectivity index (χ2n) is 5.54. The highest BCUT2D eigenvalue weighted by molar-refractivity contribution is 5.67. The molecule has 0 amide bonds. The number of pyridine rings is 2. The second-order valence-corrected chi connectivity index (χ2v) is 5.54. The molecule has 4 rings (SSSR count). The molecule has 0 atom stereocenters. The summed E-state index contributed by atoms with van der Waals surface area (Å²) in [7, 11) is 0. The molecule has 6 nitrogen and oxygen atoms in total. The Morgan fingerprint density at radius 1 is 0.963 bits per heavy atom. The molecule has 0 saturated heterocycles. The largest absolute Gasteiger partial charge is 0.433 e. The first-order chi connectivity index (χ1) is 13.0. The van der Waals surface area contributed by atoms with Crippen molar-refractivity contribution in [3.63, 3.8) is 0 Å². The molecular formula is C18H9F3N6. The number of halogens is 3. The summed E-state index contributed by atoms with van der Waals surface area (Å²) in [6.45, 7) is 0. The second kappa shape index (κ2) is 6.17. The Bertz CT molecular complexity index is 1190. The molecule has 0 aliphatic heterocycles. The predicted molar refractivity (Wildman–Crippen MR) is 89.2 cm³/mol. The van der Waals surface area contributed by atoms with Crippen LogP contribution in [0, 0.1) is 11.3 Å². The Hall–Kier alpha value is -3.80. The van der Waals surface area contributed by atoms with Gasteiger partial charge in [-0.05, 0) is 30.3 Å². The maximum Gasteiger partial charge on any atom is 0.433 e. The minimum absolute atomic E-state index is 0.0809. The highest BCUT2D eigenvalue weighted by Gasteiger charge is 2.33. The zero-order valence-electron chi connectivity index (χ0n) is 13.5. The maximum absolute atomic E-state index is 12.8. The normalized spacial score (nSPS) is 11.5. The van der Waals surface area contributed by atoms with Crippen LogP contribution in [0.2, 0.25) is 0 Å². The Labute approximate surface area is 150 Å². The average molecular weight is 366 g/mol. The molecule has 0 saturated carbocycles. The lowest BCUT2D eigenvalue weighted by Gasteiger charge is -2.07. The lowest BCUT2D eigenvalue weighted by molar-refractivity contribution is -0.141. The summed E-state index contributed by atoms with van der Waals surface area (Å²) < 4.78 is 39.9. The van der Waals surface area contributed by atoms with Crippen LogP contribution in [0.3, 0.4) is 0 Å². The van der Waals surface area contributed by atoms with Crippen LogP contribution >= 0.6 is 0 Å². The third-order valence-corrected chi connectivity index (χ3v) is 3.85. The molecule has 0 spiro atoms. The molecule has 0 aromatic carbocycles. The van der Waals surface area contributed by atoms with Crippen LogP contribution in [0.4, 0.5) is 13.2 Å². The number of hydrogen-bond acceptors (Lipinski definition) is 5. The molecule has 0 bridgehead atoms. The number of fused-ring (bicyclic) bond motifs is 1. The van der Waals surface area contributed by atoms with Gasteiger partial charge in [-0.2, -0.15) is 18.4 Å². The van der Waals surface area contributed by atoms with E-state index in [-0.39, 0.29) is 5.78 Å².